The number of methoxy groups -OCH3 is 1. The summed E-state index contributed by atoms with van der Waals surface area (Å²) < 4.78 is 4.96. The van der Waals surface area contributed by atoms with Crippen molar-refractivity contribution in [3.63, 3.8) is 0 Å². The van der Waals surface area contributed by atoms with Gasteiger partial charge < -0.3 is 25.2 Å². The van der Waals surface area contributed by atoms with Gasteiger partial charge in [0, 0.05) is 39.3 Å². The zero-order valence-corrected chi connectivity index (χ0v) is 11.5. The molecule has 0 bridgehead atoms. The van der Waals surface area contributed by atoms with Gasteiger partial charge in [-0.05, 0) is 6.92 Å². The van der Waals surface area contributed by atoms with Crippen LogP contribution in [0.25, 0.3) is 0 Å². The van der Waals surface area contributed by atoms with E-state index in [9.17, 15) is 9.59 Å². The number of nitrogens with zero attached hydrogens (tertiary/aromatic N) is 2. The minimum absolute atomic E-state index is 0.0268. The summed E-state index contributed by atoms with van der Waals surface area (Å²) in [6.45, 7) is 5.45. The van der Waals surface area contributed by atoms with Crippen molar-refractivity contribution < 1.29 is 14.3 Å². The molecule has 2 fully saturated rings. The van der Waals surface area contributed by atoms with E-state index >= 15 is 0 Å². The maximum Gasteiger partial charge on any atom is 0.320 e. The Bertz CT molecular complexity index is 350. The van der Waals surface area contributed by atoms with Gasteiger partial charge in [0.1, 0.15) is 6.54 Å². The van der Waals surface area contributed by atoms with Crippen LogP contribution < -0.4 is 10.6 Å². The Kier molecular flexibility index (Phi) is 4.60. The molecule has 0 saturated carbocycles. The molecule has 0 aromatic rings. The van der Waals surface area contributed by atoms with Crippen LogP contribution >= 0.6 is 0 Å². The number of nitrogens with one attached hydrogen (secondary N) is 2. The molecule has 7 nitrogen and oxygen atoms in total. The number of hydrogen-bond acceptors (Lipinski definition) is 4. The van der Waals surface area contributed by atoms with Crippen LogP contribution in [-0.2, 0) is 9.53 Å². The summed E-state index contributed by atoms with van der Waals surface area (Å²) in [5, 5.41) is 6.08. The molecule has 2 atom stereocenters. The van der Waals surface area contributed by atoms with Crippen molar-refractivity contribution in [1.29, 1.82) is 0 Å². The highest BCUT2D eigenvalue weighted by atomic mass is 16.5. The molecule has 2 rings (SSSR count). The van der Waals surface area contributed by atoms with Crippen LogP contribution in [0.1, 0.15) is 6.92 Å². The Morgan fingerprint density at radius 1 is 1.63 bits per heavy atom. The van der Waals surface area contributed by atoms with E-state index in [1.807, 2.05) is 11.8 Å². The second-order valence-corrected chi connectivity index (χ2v) is 5.14. The predicted molar refractivity (Wildman–Crippen MR) is 69.8 cm³/mol. The summed E-state index contributed by atoms with van der Waals surface area (Å²) in [6.07, 6.45) is 0. The highest BCUT2D eigenvalue weighted by molar-refractivity contribution is 5.85. The highest BCUT2D eigenvalue weighted by Crippen LogP contribution is 2.16. The van der Waals surface area contributed by atoms with Crippen LogP contribution in [0.3, 0.4) is 0 Å². The topological polar surface area (TPSA) is 73.9 Å². The van der Waals surface area contributed by atoms with Crippen molar-refractivity contribution >= 4 is 11.9 Å². The number of ether oxygens (including phenoxy) is 1. The van der Waals surface area contributed by atoms with E-state index in [2.05, 4.69) is 10.6 Å². The van der Waals surface area contributed by atoms with Crippen molar-refractivity contribution in [3.05, 3.63) is 0 Å². The monoisotopic (exact) mass is 270 g/mol. The number of piperazine rings is 1. The second kappa shape index (κ2) is 6.21. The number of amides is 3. The first kappa shape index (κ1) is 14.1. The van der Waals surface area contributed by atoms with Crippen molar-refractivity contribution in [2.45, 2.75) is 19.0 Å². The zero-order valence-electron chi connectivity index (χ0n) is 11.5. The maximum absolute atomic E-state index is 12.1. The molecule has 2 aliphatic rings. The predicted octanol–water partition coefficient (Wildman–Crippen LogP) is -1.15. The van der Waals surface area contributed by atoms with Gasteiger partial charge >= 0.3 is 6.03 Å². The molecule has 2 heterocycles. The van der Waals surface area contributed by atoms with Crippen molar-refractivity contribution in [2.24, 2.45) is 0 Å². The first-order valence-electron chi connectivity index (χ1n) is 6.66. The Balaban J connectivity index is 1.82. The van der Waals surface area contributed by atoms with Crippen LogP contribution in [-0.4, -0.2) is 80.3 Å². The van der Waals surface area contributed by atoms with Gasteiger partial charge in [-0.25, -0.2) is 4.79 Å². The molecule has 2 aliphatic heterocycles. The Hall–Kier alpha value is -1.34. The lowest BCUT2D eigenvalue weighted by atomic mass is 10.2. The lowest BCUT2D eigenvalue weighted by Gasteiger charge is -2.28. The van der Waals surface area contributed by atoms with Crippen LogP contribution in [0.5, 0.6) is 0 Å². The summed E-state index contributed by atoms with van der Waals surface area (Å²) in [6, 6.07) is 0.131. The first-order chi connectivity index (χ1) is 9.11. The molecule has 19 heavy (non-hydrogen) atoms. The van der Waals surface area contributed by atoms with E-state index in [1.165, 1.54) is 0 Å². The second-order valence-electron chi connectivity index (χ2n) is 5.14. The third kappa shape index (κ3) is 3.36. The Morgan fingerprint density at radius 2 is 2.42 bits per heavy atom. The van der Waals surface area contributed by atoms with E-state index in [0.29, 0.717) is 13.2 Å². The van der Waals surface area contributed by atoms with Gasteiger partial charge in [0.2, 0.25) is 5.91 Å². The molecule has 0 aliphatic carbocycles. The third-order valence-electron chi connectivity index (χ3n) is 3.46. The summed E-state index contributed by atoms with van der Waals surface area (Å²) in [7, 11) is 1.59. The SMILES string of the molecule is COCC(C)NC(=O)CN1CC2CNCCN2C1=O. The lowest BCUT2D eigenvalue weighted by molar-refractivity contribution is -0.122. The summed E-state index contributed by atoms with van der Waals surface area (Å²) in [5.74, 6) is -0.134. The van der Waals surface area contributed by atoms with Crippen LogP contribution in [0, 0.1) is 0 Å². The van der Waals surface area contributed by atoms with E-state index < -0.39 is 0 Å². The highest BCUT2D eigenvalue weighted by Gasteiger charge is 2.38. The number of carbonyl (C=O) groups excluding carboxylic acids is 2. The molecule has 0 radical (unpaired) electrons. The van der Waals surface area contributed by atoms with Crippen LogP contribution in [0.4, 0.5) is 4.79 Å². The maximum atomic E-state index is 12.1. The lowest BCUT2D eigenvalue weighted by Crippen LogP contribution is -2.50. The first-order valence-corrected chi connectivity index (χ1v) is 6.66. The van der Waals surface area contributed by atoms with Gasteiger partial charge in [-0.15, -0.1) is 0 Å². The van der Waals surface area contributed by atoms with Gasteiger partial charge in [-0.3, -0.25) is 4.79 Å². The van der Waals surface area contributed by atoms with E-state index in [1.54, 1.807) is 12.0 Å². The zero-order chi connectivity index (χ0) is 13.8. The smallest absolute Gasteiger partial charge is 0.320 e. The molecule has 2 saturated heterocycles. The number of hydrogen-bond donors (Lipinski definition) is 2. The number of urea groups is 1. The molecule has 0 aromatic carbocycles. The fourth-order valence-corrected chi connectivity index (χ4v) is 2.61. The average Bonchev–Trinajstić information content (AvgIpc) is 2.67. The standard InChI is InChI=1S/C12H22N4O3/c1-9(8-19-2)14-11(17)7-15-6-10-5-13-3-4-16(10)12(15)18/h9-10,13H,3-8H2,1-2H3,(H,14,17). The number of carbonyl (C=O) groups is 2. The minimum Gasteiger partial charge on any atom is -0.383 e. The normalized spacial score (nSPS) is 24.3. The molecule has 108 valence electrons. The third-order valence-corrected chi connectivity index (χ3v) is 3.46. The molecule has 0 aromatic heterocycles. The number of rotatable bonds is 5. The van der Waals surface area contributed by atoms with Crippen molar-refractivity contribution in [3.8, 4) is 0 Å². The van der Waals surface area contributed by atoms with Gasteiger partial charge in [0.25, 0.3) is 0 Å². The van der Waals surface area contributed by atoms with Gasteiger partial charge in [0.05, 0.1) is 12.6 Å². The van der Waals surface area contributed by atoms with E-state index in [4.69, 9.17) is 4.74 Å². The summed E-state index contributed by atoms with van der Waals surface area (Å²) >= 11 is 0. The molecule has 2 N–H and O–H groups in total. The van der Waals surface area contributed by atoms with Crippen molar-refractivity contribution in [2.75, 3.05) is 46.4 Å². The van der Waals surface area contributed by atoms with Gasteiger partial charge in [-0.2, -0.15) is 0 Å². The van der Waals surface area contributed by atoms with Gasteiger partial charge in [0.15, 0.2) is 0 Å². The van der Waals surface area contributed by atoms with Crippen molar-refractivity contribution in [1.82, 2.24) is 20.4 Å². The summed E-state index contributed by atoms with van der Waals surface area (Å²) in [5.41, 5.74) is 0. The van der Waals surface area contributed by atoms with Crippen LogP contribution in [0.2, 0.25) is 0 Å². The fraction of sp³-hybridized carbons (Fsp3) is 0.833. The van der Waals surface area contributed by atoms with Gasteiger partial charge in [-0.1, -0.05) is 0 Å². The van der Waals surface area contributed by atoms with Crippen LogP contribution in [0.15, 0.2) is 0 Å². The molecule has 2 unspecified atom stereocenters. The Labute approximate surface area is 113 Å². The Morgan fingerprint density at radius 3 is 3.11 bits per heavy atom. The average molecular weight is 270 g/mol. The number of fused-ring (bicyclic) bond motifs is 1. The minimum atomic E-state index is -0.134. The molecule has 7 heteroatoms. The largest absolute Gasteiger partial charge is 0.383 e. The molecular formula is C12H22N4O3. The molecule has 3 amide bonds. The quantitative estimate of drug-likeness (QED) is 0.661. The van der Waals surface area contributed by atoms with E-state index in [-0.39, 0.29) is 30.6 Å². The van der Waals surface area contributed by atoms with E-state index in [0.717, 1.165) is 19.6 Å². The molecule has 0 spiro atoms. The summed E-state index contributed by atoms with van der Waals surface area (Å²) in [4.78, 5) is 27.4. The fourth-order valence-electron chi connectivity index (χ4n) is 2.61. The molecular weight excluding hydrogens is 248 g/mol.